The van der Waals surface area contributed by atoms with Gasteiger partial charge in [-0.3, -0.25) is 0 Å². The zero-order valence-corrected chi connectivity index (χ0v) is 15.3. The smallest absolute Gasteiger partial charge is 0.339 e. The monoisotopic (exact) mass is 378 g/mol. The normalized spacial score (nSPS) is 11.4. The van der Waals surface area contributed by atoms with Crippen molar-refractivity contribution in [2.24, 2.45) is 0 Å². The Bertz CT molecular complexity index is 1000. The summed E-state index contributed by atoms with van der Waals surface area (Å²) in [4.78, 5) is 19.8. The van der Waals surface area contributed by atoms with Crippen LogP contribution in [0.4, 0.5) is 0 Å². The minimum Gasteiger partial charge on any atom is -0.500 e. The lowest BCUT2D eigenvalue weighted by atomic mass is 10.0. The van der Waals surface area contributed by atoms with Crippen molar-refractivity contribution in [1.82, 2.24) is 9.97 Å². The third-order valence-electron chi connectivity index (χ3n) is 3.81. The number of carboxylic acid groups (broad SMARTS) is 1. The number of aromatic nitrogens is 2. The highest BCUT2D eigenvalue weighted by atomic mass is 16.5. The van der Waals surface area contributed by atoms with E-state index in [4.69, 9.17) is 14.2 Å². The summed E-state index contributed by atoms with van der Waals surface area (Å²) in [6.07, 6.45) is 3.16. The van der Waals surface area contributed by atoms with E-state index in [1.54, 1.807) is 73.9 Å². The van der Waals surface area contributed by atoms with Gasteiger partial charge in [0.25, 0.3) is 0 Å². The van der Waals surface area contributed by atoms with Crippen molar-refractivity contribution in [2.45, 2.75) is 6.92 Å². The van der Waals surface area contributed by atoms with Gasteiger partial charge in [-0.25, -0.2) is 14.8 Å². The quantitative estimate of drug-likeness (QED) is 0.477. The third kappa shape index (κ3) is 4.45. The van der Waals surface area contributed by atoms with Crippen molar-refractivity contribution >= 4 is 11.5 Å². The second-order valence-electron chi connectivity index (χ2n) is 5.65. The highest BCUT2D eigenvalue weighted by Gasteiger charge is 2.19. The second kappa shape index (κ2) is 8.68. The molecule has 2 aromatic carbocycles. The number of methoxy groups -OCH3 is 1. The minimum atomic E-state index is -1.10. The topological polar surface area (TPSA) is 90.8 Å². The molecular formula is C21H18N2O5. The molecule has 1 aromatic heterocycles. The van der Waals surface area contributed by atoms with E-state index in [0.717, 1.165) is 0 Å². The molecule has 7 heteroatoms. The summed E-state index contributed by atoms with van der Waals surface area (Å²) in [5.74, 6) is 0.518. The molecule has 0 fully saturated rings. The van der Waals surface area contributed by atoms with Gasteiger partial charge < -0.3 is 19.3 Å². The molecule has 0 spiro atoms. The molecule has 0 atom stereocenters. The van der Waals surface area contributed by atoms with Crippen LogP contribution in [0.1, 0.15) is 12.5 Å². The average molecular weight is 378 g/mol. The molecule has 0 saturated carbocycles. The maximum Gasteiger partial charge on any atom is 0.339 e. The molecule has 28 heavy (non-hydrogen) atoms. The van der Waals surface area contributed by atoms with Crippen molar-refractivity contribution in [3.05, 3.63) is 78.3 Å². The number of ether oxygens (including phenoxy) is 3. The highest BCUT2D eigenvalue weighted by Crippen LogP contribution is 2.33. The van der Waals surface area contributed by atoms with Gasteiger partial charge in [0.2, 0.25) is 0 Å². The van der Waals surface area contributed by atoms with Crippen LogP contribution >= 0.6 is 0 Å². The molecule has 3 aromatic rings. The molecule has 1 N–H and O–H groups in total. The van der Waals surface area contributed by atoms with Crippen molar-refractivity contribution in [3.63, 3.8) is 0 Å². The fourth-order valence-electron chi connectivity index (χ4n) is 2.49. The summed E-state index contributed by atoms with van der Waals surface area (Å²) < 4.78 is 16.7. The Morgan fingerprint density at radius 2 is 1.61 bits per heavy atom. The SMILES string of the molecule is COC(C)=C(C(=O)O)c1ccccc1Oc1cccc(Oc2ncccn2)c1. The second-order valence-corrected chi connectivity index (χ2v) is 5.65. The summed E-state index contributed by atoms with van der Waals surface area (Å²) in [5, 5.41) is 9.60. The molecule has 0 radical (unpaired) electrons. The summed E-state index contributed by atoms with van der Waals surface area (Å²) in [7, 11) is 1.42. The van der Waals surface area contributed by atoms with E-state index >= 15 is 0 Å². The number of nitrogens with zero attached hydrogens (tertiary/aromatic N) is 2. The molecule has 0 unspecified atom stereocenters. The maximum atomic E-state index is 11.7. The Kier molecular flexibility index (Phi) is 5.86. The molecule has 0 aliphatic heterocycles. The first-order valence-electron chi connectivity index (χ1n) is 8.39. The number of rotatable bonds is 7. The van der Waals surface area contributed by atoms with Crippen LogP contribution in [0.2, 0.25) is 0 Å². The van der Waals surface area contributed by atoms with Crippen LogP contribution in [-0.2, 0) is 9.53 Å². The van der Waals surface area contributed by atoms with Gasteiger partial charge in [-0.2, -0.15) is 0 Å². The molecule has 7 nitrogen and oxygen atoms in total. The van der Waals surface area contributed by atoms with Gasteiger partial charge in [-0.1, -0.05) is 24.3 Å². The van der Waals surface area contributed by atoms with Gasteiger partial charge in [0.05, 0.1) is 7.11 Å². The Labute approximate surface area is 161 Å². The molecule has 0 bridgehead atoms. The number of carbonyl (C=O) groups is 1. The van der Waals surface area contributed by atoms with E-state index in [1.165, 1.54) is 7.11 Å². The molecular weight excluding hydrogens is 360 g/mol. The van der Waals surface area contributed by atoms with Gasteiger partial charge >= 0.3 is 12.0 Å². The average Bonchev–Trinajstić information content (AvgIpc) is 2.70. The Balaban J connectivity index is 1.91. The molecule has 1 heterocycles. The van der Waals surface area contributed by atoms with E-state index in [9.17, 15) is 9.90 Å². The number of aliphatic carboxylic acids is 1. The summed E-state index contributed by atoms with van der Waals surface area (Å²) in [6.45, 7) is 1.59. The van der Waals surface area contributed by atoms with Crippen LogP contribution in [0.5, 0.6) is 23.3 Å². The lowest BCUT2D eigenvalue weighted by molar-refractivity contribution is -0.130. The lowest BCUT2D eigenvalue weighted by Crippen LogP contribution is -2.05. The largest absolute Gasteiger partial charge is 0.500 e. The number of carboxylic acids is 1. The van der Waals surface area contributed by atoms with Crippen LogP contribution in [-0.4, -0.2) is 28.2 Å². The maximum absolute atomic E-state index is 11.7. The predicted molar refractivity (Wildman–Crippen MR) is 102 cm³/mol. The van der Waals surface area contributed by atoms with Crippen LogP contribution in [0.25, 0.3) is 5.57 Å². The number of hydrogen-bond donors (Lipinski definition) is 1. The Morgan fingerprint density at radius 1 is 0.929 bits per heavy atom. The fraction of sp³-hybridized carbons (Fsp3) is 0.0952. The van der Waals surface area contributed by atoms with Gasteiger partial charge in [0.15, 0.2) is 0 Å². The molecule has 0 amide bonds. The predicted octanol–water partition coefficient (Wildman–Crippen LogP) is 4.52. The number of para-hydroxylation sites is 1. The van der Waals surface area contributed by atoms with Crippen LogP contribution in [0.3, 0.4) is 0 Å². The van der Waals surface area contributed by atoms with Gasteiger partial charge in [-0.05, 0) is 31.2 Å². The van der Waals surface area contributed by atoms with E-state index in [2.05, 4.69) is 9.97 Å². The summed E-state index contributed by atoms with van der Waals surface area (Å²) in [6, 6.07) is 15.7. The molecule has 0 aliphatic rings. The van der Waals surface area contributed by atoms with Crippen molar-refractivity contribution < 1.29 is 24.1 Å². The van der Waals surface area contributed by atoms with Crippen molar-refractivity contribution in [3.8, 4) is 23.3 Å². The van der Waals surface area contributed by atoms with E-state index < -0.39 is 5.97 Å². The first kappa shape index (κ1) is 18.9. The van der Waals surface area contributed by atoms with Gasteiger partial charge in [0.1, 0.15) is 28.6 Å². The van der Waals surface area contributed by atoms with Crippen LogP contribution in [0.15, 0.2) is 72.8 Å². The Morgan fingerprint density at radius 3 is 2.29 bits per heavy atom. The molecule has 0 saturated heterocycles. The summed E-state index contributed by atoms with van der Waals surface area (Å²) >= 11 is 0. The van der Waals surface area contributed by atoms with Crippen LogP contribution < -0.4 is 9.47 Å². The summed E-state index contributed by atoms with van der Waals surface area (Å²) in [5.41, 5.74) is 0.440. The first-order chi connectivity index (χ1) is 13.6. The molecule has 3 rings (SSSR count). The van der Waals surface area contributed by atoms with E-state index in [1.807, 2.05) is 0 Å². The van der Waals surface area contributed by atoms with Crippen LogP contribution in [0, 0.1) is 0 Å². The first-order valence-corrected chi connectivity index (χ1v) is 8.39. The number of allylic oxidation sites excluding steroid dienone is 1. The van der Waals surface area contributed by atoms with Gasteiger partial charge in [0, 0.05) is 24.0 Å². The minimum absolute atomic E-state index is 0.0307. The van der Waals surface area contributed by atoms with Crippen molar-refractivity contribution in [1.29, 1.82) is 0 Å². The standard InChI is InChI=1S/C21H18N2O5/c1-14(26-2)19(20(24)25)17-9-3-4-10-18(17)27-15-7-5-8-16(13-15)28-21-22-11-6-12-23-21/h3-13H,1-2H3,(H,24,25). The molecule has 142 valence electrons. The highest BCUT2D eigenvalue weighted by molar-refractivity contribution is 6.16. The lowest BCUT2D eigenvalue weighted by Gasteiger charge is -2.14. The molecule has 0 aliphatic carbocycles. The number of hydrogen-bond acceptors (Lipinski definition) is 6. The Hall–Kier alpha value is -3.87. The third-order valence-corrected chi connectivity index (χ3v) is 3.81. The van der Waals surface area contributed by atoms with Gasteiger partial charge in [-0.15, -0.1) is 0 Å². The fourth-order valence-corrected chi connectivity index (χ4v) is 2.49. The van der Waals surface area contributed by atoms with E-state index in [-0.39, 0.29) is 17.3 Å². The van der Waals surface area contributed by atoms with E-state index in [0.29, 0.717) is 22.8 Å². The number of benzene rings is 2. The zero-order chi connectivity index (χ0) is 19.9. The zero-order valence-electron chi connectivity index (χ0n) is 15.3. The van der Waals surface area contributed by atoms with Crippen molar-refractivity contribution in [2.75, 3.05) is 7.11 Å².